The van der Waals surface area contributed by atoms with E-state index in [1.165, 1.54) is 36.2 Å². The minimum atomic E-state index is -5.03. The van der Waals surface area contributed by atoms with E-state index in [2.05, 4.69) is 0 Å². The number of hydrogen-bond acceptors (Lipinski definition) is 4. The molecule has 0 radical (unpaired) electrons. The Hall–Kier alpha value is -3.68. The second kappa shape index (κ2) is 13.1. The summed E-state index contributed by atoms with van der Waals surface area (Å²) in [7, 11) is 1.29. The SMILES string of the molecule is CN(Cc1cc(C(F)(F)F)cc(C(F)(F)F)c1)C(=O)[C@H]1CCN(C(=O)C2CCN(C(=O)CO)CC2)C[C@H]1c1ccc(F)cc1. The summed E-state index contributed by atoms with van der Waals surface area (Å²) < 4.78 is 93.9. The number of nitrogens with zero attached hydrogens (tertiary/aromatic N) is 3. The summed E-state index contributed by atoms with van der Waals surface area (Å²) in [4.78, 5) is 43.0. The van der Waals surface area contributed by atoms with Gasteiger partial charge >= 0.3 is 12.4 Å². The molecule has 2 aliphatic rings. The molecular weight excluding hydrogens is 599 g/mol. The van der Waals surface area contributed by atoms with E-state index in [9.17, 15) is 45.1 Å². The smallest absolute Gasteiger partial charge is 0.387 e. The molecule has 0 spiro atoms. The maximum absolute atomic E-state index is 13.7. The van der Waals surface area contributed by atoms with Gasteiger partial charge in [0.25, 0.3) is 0 Å². The predicted octanol–water partition coefficient (Wildman–Crippen LogP) is 4.68. The monoisotopic (exact) mass is 631 g/mol. The Morgan fingerprint density at radius 1 is 0.864 bits per heavy atom. The van der Waals surface area contributed by atoms with Gasteiger partial charge in [-0.1, -0.05) is 12.1 Å². The number of aliphatic hydroxyl groups excluding tert-OH is 1. The largest absolute Gasteiger partial charge is 0.416 e. The van der Waals surface area contributed by atoms with Gasteiger partial charge in [0.15, 0.2) is 0 Å². The number of likely N-dealkylation sites (tertiary alicyclic amines) is 2. The zero-order valence-corrected chi connectivity index (χ0v) is 23.8. The van der Waals surface area contributed by atoms with Gasteiger partial charge in [-0.3, -0.25) is 14.4 Å². The Bertz CT molecular complexity index is 1320. The third-order valence-electron chi connectivity index (χ3n) is 8.32. The minimum Gasteiger partial charge on any atom is -0.387 e. The fraction of sp³-hybridized carbons (Fsp3) is 0.500. The van der Waals surface area contributed by atoms with Crippen LogP contribution in [-0.4, -0.2) is 77.4 Å². The van der Waals surface area contributed by atoms with Gasteiger partial charge in [-0.05, 0) is 60.7 Å². The molecular formula is C30H32F7N3O4. The van der Waals surface area contributed by atoms with Crippen LogP contribution in [0, 0.1) is 17.7 Å². The summed E-state index contributed by atoms with van der Waals surface area (Å²) in [5.41, 5.74) is -2.76. The minimum absolute atomic E-state index is 0.0248. The summed E-state index contributed by atoms with van der Waals surface area (Å²) >= 11 is 0. The lowest BCUT2D eigenvalue weighted by Gasteiger charge is -2.41. The van der Waals surface area contributed by atoms with E-state index in [0.717, 1.165) is 4.90 Å². The quantitative estimate of drug-likeness (QED) is 0.470. The van der Waals surface area contributed by atoms with E-state index in [-0.39, 0.29) is 43.0 Å². The summed E-state index contributed by atoms with van der Waals surface area (Å²) in [6.07, 6.45) is -9.11. The van der Waals surface area contributed by atoms with E-state index in [1.54, 1.807) is 4.90 Å². The fourth-order valence-electron chi connectivity index (χ4n) is 5.98. The van der Waals surface area contributed by atoms with Crippen LogP contribution in [0.3, 0.4) is 0 Å². The van der Waals surface area contributed by atoms with E-state index < -0.39 is 66.1 Å². The van der Waals surface area contributed by atoms with Crippen LogP contribution < -0.4 is 0 Å². The van der Waals surface area contributed by atoms with Gasteiger partial charge in [0.05, 0.1) is 11.1 Å². The van der Waals surface area contributed by atoms with E-state index in [1.807, 2.05) is 0 Å². The Kier molecular flexibility index (Phi) is 9.91. The molecule has 0 aromatic heterocycles. The summed E-state index contributed by atoms with van der Waals surface area (Å²) in [5, 5.41) is 9.09. The van der Waals surface area contributed by atoms with Crippen molar-refractivity contribution in [2.75, 3.05) is 39.8 Å². The number of hydrogen-bond donors (Lipinski definition) is 1. The highest BCUT2D eigenvalue weighted by Gasteiger charge is 2.41. The van der Waals surface area contributed by atoms with E-state index >= 15 is 0 Å². The topological polar surface area (TPSA) is 81.2 Å². The maximum Gasteiger partial charge on any atom is 0.416 e. The lowest BCUT2D eigenvalue weighted by Crippen LogP contribution is -2.51. The first-order chi connectivity index (χ1) is 20.6. The van der Waals surface area contributed by atoms with Crippen LogP contribution in [0.5, 0.6) is 0 Å². The molecule has 2 aromatic rings. The number of carbonyl (C=O) groups is 3. The average Bonchev–Trinajstić information content (AvgIpc) is 2.99. The normalized spacial score (nSPS) is 20.0. The molecule has 2 aromatic carbocycles. The van der Waals surface area contributed by atoms with Crippen molar-refractivity contribution in [3.05, 3.63) is 70.5 Å². The molecule has 0 saturated carbocycles. The fourth-order valence-corrected chi connectivity index (χ4v) is 5.98. The summed E-state index contributed by atoms with van der Waals surface area (Å²) in [6.45, 7) is -0.257. The van der Waals surface area contributed by atoms with Crippen molar-refractivity contribution in [3.63, 3.8) is 0 Å². The number of carbonyl (C=O) groups excluding carboxylic acids is 3. The van der Waals surface area contributed by atoms with Gasteiger partial charge < -0.3 is 19.8 Å². The molecule has 14 heteroatoms. The lowest BCUT2D eigenvalue weighted by molar-refractivity contribution is -0.145. The molecule has 3 amide bonds. The van der Waals surface area contributed by atoms with Crippen LogP contribution in [0.4, 0.5) is 30.7 Å². The van der Waals surface area contributed by atoms with E-state index in [4.69, 9.17) is 5.11 Å². The van der Waals surface area contributed by atoms with Crippen molar-refractivity contribution in [3.8, 4) is 0 Å². The number of alkyl halides is 6. The number of halogens is 7. The Balaban J connectivity index is 1.53. The first-order valence-electron chi connectivity index (χ1n) is 14.0. The van der Waals surface area contributed by atoms with Crippen molar-refractivity contribution in [1.29, 1.82) is 0 Å². The Morgan fingerprint density at radius 2 is 1.41 bits per heavy atom. The highest BCUT2D eigenvalue weighted by atomic mass is 19.4. The number of benzene rings is 2. The number of piperidine rings is 2. The van der Waals surface area contributed by atoms with Crippen LogP contribution in [0.2, 0.25) is 0 Å². The van der Waals surface area contributed by atoms with Gasteiger partial charge in [-0.25, -0.2) is 4.39 Å². The average molecular weight is 632 g/mol. The molecule has 2 fully saturated rings. The molecule has 1 N–H and O–H groups in total. The van der Waals surface area contributed by atoms with Crippen LogP contribution in [0.25, 0.3) is 0 Å². The van der Waals surface area contributed by atoms with Crippen LogP contribution >= 0.6 is 0 Å². The zero-order chi connectivity index (χ0) is 32.4. The van der Waals surface area contributed by atoms with E-state index in [0.29, 0.717) is 43.6 Å². The zero-order valence-electron chi connectivity index (χ0n) is 23.8. The van der Waals surface area contributed by atoms with Crippen molar-refractivity contribution < 1.29 is 50.2 Å². The molecule has 0 bridgehead atoms. The molecule has 44 heavy (non-hydrogen) atoms. The molecule has 2 saturated heterocycles. The van der Waals surface area contributed by atoms with Crippen molar-refractivity contribution in [1.82, 2.24) is 14.7 Å². The van der Waals surface area contributed by atoms with Crippen LogP contribution in [-0.2, 0) is 33.3 Å². The maximum atomic E-state index is 13.7. The van der Waals surface area contributed by atoms with Gasteiger partial charge in [-0.2, -0.15) is 26.3 Å². The van der Waals surface area contributed by atoms with Gasteiger partial charge in [0, 0.05) is 57.5 Å². The second-order valence-electron chi connectivity index (χ2n) is 11.3. The van der Waals surface area contributed by atoms with Crippen molar-refractivity contribution in [2.45, 2.75) is 44.1 Å². The number of rotatable bonds is 6. The van der Waals surface area contributed by atoms with Crippen molar-refractivity contribution >= 4 is 17.7 Å². The highest BCUT2D eigenvalue weighted by molar-refractivity contribution is 5.83. The standard InChI is InChI=1S/C30H32F7N3O4/c1-38(15-18-12-21(29(32,33)34)14-22(13-18)30(35,36)37)28(44)24-8-11-40(16-25(24)19-2-4-23(31)5-3-19)27(43)20-6-9-39(10-7-20)26(42)17-41/h2-5,12-14,20,24-25,41H,6-11,15-17H2,1H3/t24-,25-/m0/s1. The molecule has 2 aliphatic heterocycles. The summed E-state index contributed by atoms with van der Waals surface area (Å²) in [6, 6.07) is 6.56. The molecule has 240 valence electrons. The van der Waals surface area contributed by atoms with Crippen molar-refractivity contribution in [2.24, 2.45) is 11.8 Å². The lowest BCUT2D eigenvalue weighted by atomic mass is 9.79. The highest BCUT2D eigenvalue weighted by Crippen LogP contribution is 2.38. The van der Waals surface area contributed by atoms with Gasteiger partial charge in [-0.15, -0.1) is 0 Å². The molecule has 7 nitrogen and oxygen atoms in total. The first-order valence-corrected chi connectivity index (χ1v) is 14.0. The molecule has 2 heterocycles. The third-order valence-corrected chi connectivity index (χ3v) is 8.32. The second-order valence-corrected chi connectivity index (χ2v) is 11.3. The first kappa shape index (κ1) is 33.2. The van der Waals surface area contributed by atoms with Gasteiger partial charge in [0.1, 0.15) is 12.4 Å². The van der Waals surface area contributed by atoms with Gasteiger partial charge in [0.2, 0.25) is 17.7 Å². The third kappa shape index (κ3) is 7.69. The molecule has 0 unspecified atom stereocenters. The molecule has 4 rings (SSSR count). The number of aliphatic hydroxyl groups is 1. The van der Waals surface area contributed by atoms with Crippen LogP contribution in [0.15, 0.2) is 42.5 Å². The molecule has 0 aliphatic carbocycles. The number of amides is 3. The van der Waals surface area contributed by atoms with Crippen LogP contribution in [0.1, 0.15) is 47.4 Å². The Labute approximate surface area is 249 Å². The predicted molar refractivity (Wildman–Crippen MR) is 143 cm³/mol. The molecule has 2 atom stereocenters. The summed E-state index contributed by atoms with van der Waals surface area (Å²) in [5.74, 6) is -3.44. The Morgan fingerprint density at radius 3 is 1.93 bits per heavy atom.